The first-order chi connectivity index (χ1) is 13.1. The van der Waals surface area contributed by atoms with Gasteiger partial charge in [0.2, 0.25) is 0 Å². The van der Waals surface area contributed by atoms with Crippen LogP contribution in [0.5, 0.6) is 0 Å². The van der Waals surface area contributed by atoms with Gasteiger partial charge in [0.05, 0.1) is 6.54 Å². The van der Waals surface area contributed by atoms with Crippen molar-refractivity contribution in [1.29, 1.82) is 0 Å². The van der Waals surface area contributed by atoms with E-state index in [9.17, 15) is 4.39 Å². The fraction of sp³-hybridized carbons (Fsp3) is 0.667. The molecule has 2 fully saturated rings. The van der Waals surface area contributed by atoms with Crippen LogP contribution in [0.25, 0.3) is 0 Å². The number of nitrogens with zero attached hydrogens (tertiary/aromatic N) is 3. The molecular weight excluding hydrogens is 468 g/mol. The number of guanidine groups is 1. The zero-order valence-corrected chi connectivity index (χ0v) is 19.5. The van der Waals surface area contributed by atoms with Gasteiger partial charge in [0.15, 0.2) is 5.96 Å². The van der Waals surface area contributed by atoms with Gasteiger partial charge in [0.1, 0.15) is 5.82 Å². The maximum atomic E-state index is 13.6. The molecule has 1 heterocycles. The minimum atomic E-state index is -0.157. The minimum absolute atomic E-state index is 0. The van der Waals surface area contributed by atoms with E-state index in [0.717, 1.165) is 57.1 Å². The zero-order chi connectivity index (χ0) is 19.1. The summed E-state index contributed by atoms with van der Waals surface area (Å²) in [7, 11) is 2.20. The predicted octanol–water partition coefficient (Wildman–Crippen LogP) is 2.67. The number of aliphatic imine (C=N–C) groups is 1. The van der Waals surface area contributed by atoms with Crippen molar-refractivity contribution in [2.45, 2.75) is 31.6 Å². The third kappa shape index (κ3) is 6.84. The van der Waals surface area contributed by atoms with Gasteiger partial charge >= 0.3 is 0 Å². The maximum Gasteiger partial charge on any atom is 0.191 e. The van der Waals surface area contributed by atoms with Crippen molar-refractivity contribution < 1.29 is 4.39 Å². The molecule has 0 bridgehead atoms. The first-order valence-corrected chi connectivity index (χ1v) is 10.3. The van der Waals surface area contributed by atoms with Crippen LogP contribution in [0.3, 0.4) is 0 Å². The molecular formula is C21H35FIN5. The molecule has 5 nitrogen and oxygen atoms in total. The normalized spacial score (nSPS) is 20.2. The number of hydrogen-bond donors (Lipinski definition) is 2. The van der Waals surface area contributed by atoms with E-state index >= 15 is 0 Å². The lowest BCUT2D eigenvalue weighted by molar-refractivity contribution is 0.280. The molecule has 28 heavy (non-hydrogen) atoms. The van der Waals surface area contributed by atoms with Gasteiger partial charge in [0, 0.05) is 38.1 Å². The fourth-order valence-corrected chi connectivity index (χ4v) is 3.74. The molecule has 3 rings (SSSR count). The average molecular weight is 503 g/mol. The molecule has 0 amide bonds. The summed E-state index contributed by atoms with van der Waals surface area (Å²) in [5.74, 6) is 0.711. The van der Waals surface area contributed by atoms with Crippen LogP contribution in [0, 0.1) is 5.82 Å². The van der Waals surface area contributed by atoms with Crippen molar-refractivity contribution >= 4 is 29.9 Å². The first kappa shape index (κ1) is 23.3. The molecule has 7 heteroatoms. The number of likely N-dealkylation sites (N-methyl/N-ethyl adjacent to an activating group) is 1. The molecule has 158 valence electrons. The second-order valence-electron chi connectivity index (χ2n) is 7.91. The number of benzene rings is 1. The third-order valence-corrected chi connectivity index (χ3v) is 5.71. The number of nitrogens with one attached hydrogen (secondary N) is 2. The van der Waals surface area contributed by atoms with Crippen molar-refractivity contribution in [3.05, 3.63) is 35.6 Å². The van der Waals surface area contributed by atoms with Crippen molar-refractivity contribution in [1.82, 2.24) is 20.4 Å². The summed E-state index contributed by atoms with van der Waals surface area (Å²) < 4.78 is 13.6. The van der Waals surface area contributed by atoms with Crippen LogP contribution in [0.1, 0.15) is 31.7 Å². The largest absolute Gasteiger partial charge is 0.357 e. The summed E-state index contributed by atoms with van der Waals surface area (Å²) in [6, 6.07) is 7.01. The van der Waals surface area contributed by atoms with E-state index in [1.807, 2.05) is 6.07 Å². The van der Waals surface area contributed by atoms with E-state index in [1.165, 1.54) is 25.6 Å². The summed E-state index contributed by atoms with van der Waals surface area (Å²) in [5.41, 5.74) is 1.11. The van der Waals surface area contributed by atoms with Gasteiger partial charge in [-0.3, -0.25) is 4.99 Å². The quantitative estimate of drug-likeness (QED) is 0.341. The van der Waals surface area contributed by atoms with E-state index in [0.29, 0.717) is 6.54 Å². The Morgan fingerprint density at radius 1 is 1.18 bits per heavy atom. The molecule has 1 aliphatic heterocycles. The molecule has 1 saturated carbocycles. The van der Waals surface area contributed by atoms with Crippen LogP contribution in [-0.4, -0.2) is 75.2 Å². The summed E-state index contributed by atoms with van der Waals surface area (Å²) in [6.45, 7) is 10.2. The van der Waals surface area contributed by atoms with E-state index in [-0.39, 0.29) is 35.2 Å². The van der Waals surface area contributed by atoms with Crippen LogP contribution in [-0.2, 0) is 5.41 Å². The summed E-state index contributed by atoms with van der Waals surface area (Å²) in [5, 5.41) is 6.81. The van der Waals surface area contributed by atoms with Gasteiger partial charge in [-0.05, 0) is 64.0 Å². The molecule has 0 radical (unpaired) electrons. The van der Waals surface area contributed by atoms with Gasteiger partial charge in [0.25, 0.3) is 0 Å². The van der Waals surface area contributed by atoms with Crippen LogP contribution < -0.4 is 10.6 Å². The molecule has 0 aromatic heterocycles. The van der Waals surface area contributed by atoms with Gasteiger partial charge in [-0.15, -0.1) is 24.0 Å². The minimum Gasteiger partial charge on any atom is -0.357 e. The molecule has 0 unspecified atom stereocenters. The topological polar surface area (TPSA) is 42.9 Å². The highest BCUT2D eigenvalue weighted by Crippen LogP contribution is 2.48. The number of rotatable bonds is 7. The fourth-order valence-electron chi connectivity index (χ4n) is 3.74. The van der Waals surface area contributed by atoms with E-state index in [1.54, 1.807) is 12.1 Å². The van der Waals surface area contributed by atoms with Crippen LogP contribution >= 0.6 is 24.0 Å². The first-order valence-electron chi connectivity index (χ1n) is 10.3. The van der Waals surface area contributed by atoms with Crippen LogP contribution in [0.15, 0.2) is 29.3 Å². The lowest BCUT2D eigenvalue weighted by Crippen LogP contribution is -2.42. The van der Waals surface area contributed by atoms with Crippen molar-refractivity contribution in [2.75, 3.05) is 59.4 Å². The highest BCUT2D eigenvalue weighted by molar-refractivity contribution is 14.0. The Morgan fingerprint density at radius 2 is 2.00 bits per heavy atom. The van der Waals surface area contributed by atoms with Crippen molar-refractivity contribution in [3.63, 3.8) is 0 Å². The number of halogens is 2. The zero-order valence-electron chi connectivity index (χ0n) is 17.2. The second-order valence-corrected chi connectivity index (χ2v) is 7.91. The Morgan fingerprint density at radius 3 is 2.71 bits per heavy atom. The monoisotopic (exact) mass is 503 g/mol. The highest BCUT2D eigenvalue weighted by atomic mass is 127. The van der Waals surface area contributed by atoms with Crippen molar-refractivity contribution in [3.8, 4) is 0 Å². The van der Waals surface area contributed by atoms with E-state index < -0.39 is 0 Å². The lowest BCUT2D eigenvalue weighted by atomic mass is 9.96. The van der Waals surface area contributed by atoms with Gasteiger partial charge in [-0.2, -0.15) is 0 Å². The van der Waals surface area contributed by atoms with Gasteiger partial charge < -0.3 is 20.4 Å². The third-order valence-electron chi connectivity index (χ3n) is 5.71. The average Bonchev–Trinajstić information content (AvgIpc) is 3.46. The smallest absolute Gasteiger partial charge is 0.191 e. The van der Waals surface area contributed by atoms with Gasteiger partial charge in [-0.25, -0.2) is 4.39 Å². The Bertz CT molecular complexity index is 635. The Labute approximate surface area is 186 Å². The molecule has 0 atom stereocenters. The van der Waals surface area contributed by atoms with Crippen LogP contribution in [0.2, 0.25) is 0 Å². The molecule has 1 aromatic rings. The van der Waals surface area contributed by atoms with Crippen LogP contribution in [0.4, 0.5) is 4.39 Å². The summed E-state index contributed by atoms with van der Waals surface area (Å²) >= 11 is 0. The van der Waals surface area contributed by atoms with Gasteiger partial charge in [-0.1, -0.05) is 12.1 Å². The maximum absolute atomic E-state index is 13.6. The predicted molar refractivity (Wildman–Crippen MR) is 125 cm³/mol. The molecule has 2 aliphatic rings. The van der Waals surface area contributed by atoms with E-state index in [2.05, 4.69) is 34.4 Å². The van der Waals surface area contributed by atoms with E-state index in [4.69, 9.17) is 4.99 Å². The standard InChI is InChI=1S/C21H34FN5.HI/c1-3-23-20(24-10-13-27-12-5-11-26(2)14-15-27)25-17-21(8-9-21)18-6-4-7-19(22)16-18;/h4,6-7,16H,3,5,8-15,17H2,1-2H3,(H2,23,24,25);1H. The molecule has 1 aliphatic carbocycles. The Balaban J connectivity index is 0.00000280. The Kier molecular flexibility index (Phi) is 9.43. The molecule has 1 aromatic carbocycles. The molecule has 2 N–H and O–H groups in total. The molecule has 0 spiro atoms. The Hall–Kier alpha value is -0.930. The summed E-state index contributed by atoms with van der Waals surface area (Å²) in [6.07, 6.45) is 3.40. The number of hydrogen-bond acceptors (Lipinski definition) is 3. The van der Waals surface area contributed by atoms with Crippen molar-refractivity contribution in [2.24, 2.45) is 4.99 Å². The lowest BCUT2D eigenvalue weighted by Gasteiger charge is -2.21. The second kappa shape index (κ2) is 11.3. The molecule has 1 saturated heterocycles. The SMILES string of the molecule is CCNC(=NCC1(c2cccc(F)c2)CC1)NCCN1CCCN(C)CC1.I. The highest BCUT2D eigenvalue weighted by Gasteiger charge is 2.44. The summed E-state index contributed by atoms with van der Waals surface area (Å²) in [4.78, 5) is 9.74.